The fraction of sp³-hybridized carbons (Fsp3) is 0.360. The predicted molar refractivity (Wildman–Crippen MR) is 129 cm³/mol. The second kappa shape index (κ2) is 10.6. The highest BCUT2D eigenvalue weighted by Crippen LogP contribution is 2.34. The van der Waals surface area contributed by atoms with Crippen molar-refractivity contribution >= 4 is 29.8 Å². The van der Waals surface area contributed by atoms with Crippen molar-refractivity contribution in [2.24, 2.45) is 0 Å². The Balaban J connectivity index is 2.06. The van der Waals surface area contributed by atoms with Gasteiger partial charge in [0.05, 0.1) is 23.4 Å². The number of rotatable bonds is 4. The van der Waals surface area contributed by atoms with Crippen molar-refractivity contribution in [2.75, 3.05) is 25.0 Å². The molecule has 38 heavy (non-hydrogen) atoms. The Morgan fingerprint density at radius 1 is 0.974 bits per heavy atom. The first-order valence-electron chi connectivity index (χ1n) is 11.4. The second-order valence-electron chi connectivity index (χ2n) is 9.55. The summed E-state index contributed by atoms with van der Waals surface area (Å²) in [4.78, 5) is 51.1. The van der Waals surface area contributed by atoms with Gasteiger partial charge in [0.2, 0.25) is 0 Å². The minimum Gasteiger partial charge on any atom is -0.480 e. The molecule has 1 fully saturated rings. The Kier molecular flexibility index (Phi) is 7.89. The summed E-state index contributed by atoms with van der Waals surface area (Å²) in [7, 11) is 0. The summed E-state index contributed by atoms with van der Waals surface area (Å²) < 4.78 is 45.0. The lowest BCUT2D eigenvalue weighted by molar-refractivity contribution is -0.144. The SMILES string of the molecule is CC(C)(C)OC(=O)Nc1ccc(-c2cccc(C(F)(F)F)c2)cc1C(=O)N1CCN(C(=O)O)C[C@@H]1C(=O)O. The number of hydrogen-bond donors (Lipinski definition) is 3. The number of carbonyl (C=O) groups excluding carboxylic acids is 2. The molecule has 1 saturated heterocycles. The topological polar surface area (TPSA) is 136 Å². The molecular weight excluding hydrogens is 511 g/mol. The van der Waals surface area contributed by atoms with Crippen molar-refractivity contribution in [3.05, 3.63) is 53.6 Å². The first-order valence-corrected chi connectivity index (χ1v) is 11.4. The third-order valence-electron chi connectivity index (χ3n) is 5.61. The van der Waals surface area contributed by atoms with Crippen LogP contribution < -0.4 is 5.32 Å². The number of carbonyl (C=O) groups is 4. The average Bonchev–Trinajstić information content (AvgIpc) is 2.81. The van der Waals surface area contributed by atoms with Crippen LogP contribution in [0.1, 0.15) is 36.7 Å². The van der Waals surface area contributed by atoms with Gasteiger partial charge >= 0.3 is 24.3 Å². The Labute approximate surface area is 215 Å². The minimum absolute atomic E-state index is 0.0650. The van der Waals surface area contributed by atoms with Crippen molar-refractivity contribution in [3.8, 4) is 11.1 Å². The Hall–Kier alpha value is -4.29. The molecule has 204 valence electrons. The van der Waals surface area contributed by atoms with Gasteiger partial charge in [0.25, 0.3) is 5.91 Å². The maximum absolute atomic E-state index is 13.6. The van der Waals surface area contributed by atoms with Crippen LogP contribution in [0.25, 0.3) is 11.1 Å². The Bertz CT molecular complexity index is 1260. The van der Waals surface area contributed by atoms with E-state index >= 15 is 0 Å². The number of ether oxygens (including phenoxy) is 1. The normalized spacial score (nSPS) is 16.1. The molecule has 13 heteroatoms. The Morgan fingerprint density at radius 2 is 1.63 bits per heavy atom. The molecule has 10 nitrogen and oxygen atoms in total. The fourth-order valence-electron chi connectivity index (χ4n) is 3.86. The van der Waals surface area contributed by atoms with Gasteiger partial charge in [-0.25, -0.2) is 14.4 Å². The van der Waals surface area contributed by atoms with Gasteiger partial charge in [0.15, 0.2) is 0 Å². The molecule has 0 unspecified atom stereocenters. The number of carboxylic acid groups (broad SMARTS) is 2. The maximum Gasteiger partial charge on any atom is 0.416 e. The van der Waals surface area contributed by atoms with Crippen molar-refractivity contribution < 1.29 is 47.3 Å². The third kappa shape index (κ3) is 6.72. The summed E-state index contributed by atoms with van der Waals surface area (Å²) in [5, 5.41) is 21.4. The van der Waals surface area contributed by atoms with E-state index < -0.39 is 54.0 Å². The fourth-order valence-corrected chi connectivity index (χ4v) is 3.86. The number of piperazine rings is 1. The first-order chi connectivity index (χ1) is 17.6. The molecule has 0 spiro atoms. The molecule has 0 aromatic heterocycles. The van der Waals surface area contributed by atoms with E-state index in [-0.39, 0.29) is 35.5 Å². The van der Waals surface area contributed by atoms with E-state index in [1.807, 2.05) is 0 Å². The molecule has 0 aliphatic carbocycles. The van der Waals surface area contributed by atoms with Crippen LogP contribution in [0.3, 0.4) is 0 Å². The number of hydrogen-bond acceptors (Lipinski definition) is 5. The average molecular weight is 537 g/mol. The van der Waals surface area contributed by atoms with Gasteiger partial charge in [0, 0.05) is 13.1 Å². The number of amides is 3. The van der Waals surface area contributed by atoms with Crippen molar-refractivity contribution in [3.63, 3.8) is 0 Å². The largest absolute Gasteiger partial charge is 0.480 e. The highest BCUT2D eigenvalue weighted by Gasteiger charge is 2.38. The van der Waals surface area contributed by atoms with E-state index in [0.717, 1.165) is 21.9 Å². The number of nitrogens with one attached hydrogen (secondary N) is 1. The molecule has 0 saturated carbocycles. The van der Waals surface area contributed by atoms with Crippen molar-refractivity contribution in [1.82, 2.24) is 9.80 Å². The molecule has 3 amide bonds. The second-order valence-corrected chi connectivity index (χ2v) is 9.55. The molecule has 1 atom stereocenters. The van der Waals surface area contributed by atoms with E-state index in [9.17, 15) is 42.6 Å². The molecular formula is C25H26F3N3O7. The van der Waals surface area contributed by atoms with E-state index in [4.69, 9.17) is 4.74 Å². The van der Waals surface area contributed by atoms with Crippen LogP contribution in [0.5, 0.6) is 0 Å². The van der Waals surface area contributed by atoms with Crippen LogP contribution in [0.15, 0.2) is 42.5 Å². The van der Waals surface area contributed by atoms with Gasteiger partial charge in [-0.3, -0.25) is 10.1 Å². The van der Waals surface area contributed by atoms with Gasteiger partial charge in [-0.2, -0.15) is 13.2 Å². The summed E-state index contributed by atoms with van der Waals surface area (Å²) in [6.45, 7) is 3.95. The lowest BCUT2D eigenvalue weighted by Gasteiger charge is -2.38. The highest BCUT2D eigenvalue weighted by atomic mass is 19.4. The number of alkyl halides is 3. The first kappa shape index (κ1) is 28.3. The summed E-state index contributed by atoms with van der Waals surface area (Å²) in [6, 6.07) is 6.82. The van der Waals surface area contributed by atoms with Crippen LogP contribution in [0, 0.1) is 0 Å². The molecule has 0 radical (unpaired) electrons. The molecule has 2 aromatic rings. The summed E-state index contributed by atoms with van der Waals surface area (Å²) in [5.74, 6) is -2.30. The van der Waals surface area contributed by atoms with E-state index in [0.29, 0.717) is 0 Å². The Morgan fingerprint density at radius 3 is 2.21 bits per heavy atom. The number of aliphatic carboxylic acids is 1. The zero-order valence-electron chi connectivity index (χ0n) is 20.7. The molecule has 0 bridgehead atoms. The van der Waals surface area contributed by atoms with Gasteiger partial charge in [-0.1, -0.05) is 18.2 Å². The molecule has 3 rings (SSSR count). The highest BCUT2D eigenvalue weighted by molar-refractivity contribution is 6.05. The van der Waals surface area contributed by atoms with Gasteiger partial charge < -0.3 is 24.7 Å². The lowest BCUT2D eigenvalue weighted by Crippen LogP contribution is -2.59. The quantitative estimate of drug-likeness (QED) is 0.518. The summed E-state index contributed by atoms with van der Waals surface area (Å²) >= 11 is 0. The van der Waals surface area contributed by atoms with Gasteiger partial charge in [-0.05, 0) is 56.2 Å². The molecule has 1 aliphatic heterocycles. The van der Waals surface area contributed by atoms with E-state index in [1.54, 1.807) is 20.8 Å². The van der Waals surface area contributed by atoms with E-state index in [2.05, 4.69) is 5.32 Å². The molecule has 1 aliphatic rings. The predicted octanol–water partition coefficient (Wildman–Crippen LogP) is 4.61. The number of benzene rings is 2. The van der Waals surface area contributed by atoms with Crippen LogP contribution in [0.4, 0.5) is 28.4 Å². The zero-order valence-corrected chi connectivity index (χ0v) is 20.7. The monoisotopic (exact) mass is 537 g/mol. The number of nitrogens with zero attached hydrogens (tertiary/aromatic N) is 2. The van der Waals surface area contributed by atoms with Crippen LogP contribution >= 0.6 is 0 Å². The number of anilines is 1. The standard InChI is InChI=1S/C25H26F3N3O7/c1-24(2,3)38-22(35)29-18-8-7-15(14-5-4-6-16(11-14)25(26,27)28)12-17(18)20(32)31-10-9-30(23(36)37)13-19(31)21(33)34/h4-8,11-12,19H,9-10,13H2,1-3H3,(H,29,35)(H,33,34)(H,36,37)/t19-/m1/s1. The summed E-state index contributed by atoms with van der Waals surface area (Å²) in [5.41, 5.74) is -1.73. The van der Waals surface area contributed by atoms with Crippen molar-refractivity contribution in [2.45, 2.75) is 38.6 Å². The van der Waals surface area contributed by atoms with Crippen LogP contribution in [0.2, 0.25) is 0 Å². The third-order valence-corrected chi connectivity index (χ3v) is 5.61. The van der Waals surface area contributed by atoms with Gasteiger partial charge in [0.1, 0.15) is 11.6 Å². The number of halogens is 3. The molecule has 1 heterocycles. The lowest BCUT2D eigenvalue weighted by atomic mass is 9.98. The zero-order chi connectivity index (χ0) is 28.4. The maximum atomic E-state index is 13.6. The van der Waals surface area contributed by atoms with Crippen LogP contribution in [-0.2, 0) is 15.7 Å². The molecule has 3 N–H and O–H groups in total. The van der Waals surface area contributed by atoms with Gasteiger partial charge in [-0.15, -0.1) is 0 Å². The summed E-state index contributed by atoms with van der Waals surface area (Å²) in [6.07, 6.45) is -6.86. The minimum atomic E-state index is -4.61. The molecule has 2 aromatic carbocycles. The van der Waals surface area contributed by atoms with Crippen LogP contribution in [-0.4, -0.2) is 75.4 Å². The number of carboxylic acids is 1. The van der Waals surface area contributed by atoms with E-state index in [1.165, 1.54) is 30.3 Å². The van der Waals surface area contributed by atoms with Crippen molar-refractivity contribution in [1.29, 1.82) is 0 Å². The smallest absolute Gasteiger partial charge is 0.416 e.